The highest BCUT2D eigenvalue weighted by Crippen LogP contribution is 2.33. The summed E-state index contributed by atoms with van der Waals surface area (Å²) in [4.78, 5) is 18.3. The molecule has 1 N–H and O–H groups in total. The van der Waals surface area contributed by atoms with E-state index < -0.39 is 0 Å². The molecule has 0 saturated carbocycles. The summed E-state index contributed by atoms with van der Waals surface area (Å²) in [5.41, 5.74) is 3.19. The van der Waals surface area contributed by atoms with Crippen LogP contribution in [0.15, 0.2) is 36.5 Å². The highest BCUT2D eigenvalue weighted by Gasteiger charge is 2.26. The fraction of sp³-hybridized carbons (Fsp3) is 0.458. The van der Waals surface area contributed by atoms with Gasteiger partial charge in [-0.25, -0.2) is 9.67 Å². The maximum absolute atomic E-state index is 11.2. The molecule has 1 fully saturated rings. The molecule has 4 rings (SSSR count). The number of carbonyl (C=O) groups excluding carboxylic acids is 1. The molecular formula is C24H31N5O3. The van der Waals surface area contributed by atoms with E-state index in [9.17, 15) is 4.79 Å². The van der Waals surface area contributed by atoms with Gasteiger partial charge in [-0.05, 0) is 49.2 Å². The topological polar surface area (TPSA) is 81.5 Å². The van der Waals surface area contributed by atoms with Gasteiger partial charge in [-0.15, -0.1) is 0 Å². The summed E-state index contributed by atoms with van der Waals surface area (Å²) in [5.74, 6) is 1.82. The van der Waals surface area contributed by atoms with Gasteiger partial charge >= 0.3 is 0 Å². The minimum atomic E-state index is -0.0345. The Morgan fingerprint density at radius 1 is 1.22 bits per heavy atom. The average molecular weight is 438 g/mol. The fourth-order valence-electron chi connectivity index (χ4n) is 4.49. The van der Waals surface area contributed by atoms with Crippen molar-refractivity contribution in [3.63, 3.8) is 0 Å². The van der Waals surface area contributed by atoms with E-state index in [-0.39, 0.29) is 5.91 Å². The van der Waals surface area contributed by atoms with Gasteiger partial charge in [0.05, 0.1) is 26.5 Å². The van der Waals surface area contributed by atoms with Crippen LogP contribution in [0.25, 0.3) is 11.0 Å². The van der Waals surface area contributed by atoms with Crippen molar-refractivity contribution in [2.24, 2.45) is 0 Å². The number of benzene rings is 1. The van der Waals surface area contributed by atoms with Crippen molar-refractivity contribution in [1.82, 2.24) is 25.0 Å². The number of hydrogen-bond donors (Lipinski definition) is 1. The largest absolute Gasteiger partial charge is 0.493 e. The van der Waals surface area contributed by atoms with Crippen LogP contribution in [0.4, 0.5) is 0 Å². The molecule has 1 aliphatic heterocycles. The van der Waals surface area contributed by atoms with Crippen LogP contribution < -0.4 is 14.8 Å². The number of fused-ring (bicyclic) bond motifs is 1. The first-order valence-electron chi connectivity index (χ1n) is 11.1. The third-order valence-electron chi connectivity index (χ3n) is 5.98. The molecule has 1 unspecified atom stereocenters. The lowest BCUT2D eigenvalue weighted by atomic mass is 9.93. The van der Waals surface area contributed by atoms with E-state index in [2.05, 4.69) is 33.4 Å². The minimum absolute atomic E-state index is 0.0345. The van der Waals surface area contributed by atoms with E-state index in [4.69, 9.17) is 14.6 Å². The summed E-state index contributed by atoms with van der Waals surface area (Å²) < 4.78 is 12.8. The van der Waals surface area contributed by atoms with Crippen molar-refractivity contribution in [2.75, 3.05) is 33.9 Å². The molecule has 0 aliphatic carbocycles. The van der Waals surface area contributed by atoms with Gasteiger partial charge in [0.15, 0.2) is 17.1 Å². The number of hydrogen-bond acceptors (Lipinski definition) is 6. The summed E-state index contributed by atoms with van der Waals surface area (Å²) >= 11 is 0. The Labute approximate surface area is 188 Å². The van der Waals surface area contributed by atoms with Crippen LogP contribution in [0.3, 0.4) is 0 Å². The van der Waals surface area contributed by atoms with E-state index in [0.717, 1.165) is 60.7 Å². The summed E-state index contributed by atoms with van der Waals surface area (Å²) in [6.07, 6.45) is 4.03. The molecule has 8 nitrogen and oxygen atoms in total. The van der Waals surface area contributed by atoms with E-state index >= 15 is 0 Å². The second kappa shape index (κ2) is 9.99. The number of pyridine rings is 1. The standard InChI is InChI=1S/C24H31N5O3/c1-17(30)25-11-13-29-24-20(7-4-10-26-24)23(27-29)19-6-5-12-28(16-19)15-18-8-9-21(31-2)22(14-18)32-3/h4,7-10,14,19H,5-6,11-13,15-16H2,1-3H3,(H,25,30). The number of ether oxygens (including phenoxy) is 2. The summed E-state index contributed by atoms with van der Waals surface area (Å²) in [6, 6.07) is 10.2. The van der Waals surface area contributed by atoms with Crippen LogP contribution >= 0.6 is 0 Å². The Balaban J connectivity index is 1.51. The van der Waals surface area contributed by atoms with Gasteiger partial charge in [0.2, 0.25) is 5.91 Å². The predicted molar refractivity (Wildman–Crippen MR) is 123 cm³/mol. The van der Waals surface area contributed by atoms with Crippen molar-refractivity contribution in [2.45, 2.75) is 38.8 Å². The average Bonchev–Trinajstić information content (AvgIpc) is 3.18. The van der Waals surface area contributed by atoms with E-state index in [1.165, 1.54) is 12.5 Å². The third kappa shape index (κ3) is 4.85. The van der Waals surface area contributed by atoms with Crippen molar-refractivity contribution in [3.8, 4) is 11.5 Å². The number of aromatic nitrogens is 3. The highest BCUT2D eigenvalue weighted by atomic mass is 16.5. The van der Waals surface area contributed by atoms with Gasteiger partial charge < -0.3 is 14.8 Å². The molecule has 3 aromatic rings. The number of amides is 1. The van der Waals surface area contributed by atoms with Gasteiger partial charge in [-0.2, -0.15) is 5.10 Å². The monoisotopic (exact) mass is 437 g/mol. The molecule has 1 amide bonds. The van der Waals surface area contributed by atoms with Crippen LogP contribution in [-0.2, 0) is 17.9 Å². The second-order valence-corrected chi connectivity index (χ2v) is 8.23. The predicted octanol–water partition coefficient (Wildman–Crippen LogP) is 2.96. The Hall–Kier alpha value is -3.13. The SMILES string of the molecule is COc1ccc(CN2CCCC(c3nn(CCNC(C)=O)c4ncccc34)C2)cc1OC. The Bertz CT molecular complexity index is 1080. The maximum atomic E-state index is 11.2. The van der Waals surface area contributed by atoms with Crippen LogP contribution in [0.2, 0.25) is 0 Å². The number of carbonyl (C=O) groups is 1. The van der Waals surface area contributed by atoms with Gasteiger partial charge in [-0.3, -0.25) is 9.69 Å². The van der Waals surface area contributed by atoms with Gasteiger partial charge in [-0.1, -0.05) is 6.07 Å². The van der Waals surface area contributed by atoms with Crippen LogP contribution in [-0.4, -0.2) is 59.4 Å². The minimum Gasteiger partial charge on any atom is -0.493 e. The zero-order valence-corrected chi connectivity index (χ0v) is 19.0. The molecule has 2 aromatic heterocycles. The first-order chi connectivity index (χ1) is 15.6. The van der Waals surface area contributed by atoms with Gasteiger partial charge in [0.1, 0.15) is 0 Å². The molecule has 1 saturated heterocycles. The summed E-state index contributed by atoms with van der Waals surface area (Å²) in [5, 5.41) is 8.89. The molecule has 170 valence electrons. The molecule has 1 aliphatic rings. The number of methoxy groups -OCH3 is 2. The van der Waals surface area contributed by atoms with E-state index in [1.54, 1.807) is 20.4 Å². The van der Waals surface area contributed by atoms with Crippen LogP contribution in [0.5, 0.6) is 11.5 Å². The second-order valence-electron chi connectivity index (χ2n) is 8.23. The number of nitrogens with zero attached hydrogens (tertiary/aromatic N) is 4. The Morgan fingerprint density at radius 2 is 2.06 bits per heavy atom. The van der Waals surface area contributed by atoms with Crippen molar-refractivity contribution < 1.29 is 14.3 Å². The molecule has 1 aromatic carbocycles. The van der Waals surface area contributed by atoms with Crippen molar-refractivity contribution >= 4 is 16.9 Å². The third-order valence-corrected chi connectivity index (χ3v) is 5.98. The first-order valence-corrected chi connectivity index (χ1v) is 11.1. The first kappa shape index (κ1) is 22.1. The number of likely N-dealkylation sites (tertiary alicyclic amines) is 1. The maximum Gasteiger partial charge on any atom is 0.216 e. The lowest BCUT2D eigenvalue weighted by molar-refractivity contribution is -0.118. The molecule has 0 bridgehead atoms. The molecule has 32 heavy (non-hydrogen) atoms. The zero-order valence-electron chi connectivity index (χ0n) is 19.0. The van der Waals surface area contributed by atoms with Crippen LogP contribution in [0, 0.1) is 0 Å². The fourth-order valence-corrected chi connectivity index (χ4v) is 4.49. The molecular weight excluding hydrogens is 406 g/mol. The van der Waals surface area contributed by atoms with E-state index in [1.807, 2.05) is 16.8 Å². The summed E-state index contributed by atoms with van der Waals surface area (Å²) in [6.45, 7) is 5.54. The number of nitrogens with one attached hydrogen (secondary N) is 1. The smallest absolute Gasteiger partial charge is 0.216 e. The molecule has 3 heterocycles. The van der Waals surface area contributed by atoms with Crippen molar-refractivity contribution in [3.05, 3.63) is 47.8 Å². The summed E-state index contributed by atoms with van der Waals surface area (Å²) in [7, 11) is 3.32. The van der Waals surface area contributed by atoms with Crippen LogP contribution in [0.1, 0.15) is 36.9 Å². The molecule has 8 heteroatoms. The van der Waals surface area contributed by atoms with E-state index in [0.29, 0.717) is 19.0 Å². The molecule has 0 radical (unpaired) electrons. The van der Waals surface area contributed by atoms with Crippen molar-refractivity contribution in [1.29, 1.82) is 0 Å². The highest BCUT2D eigenvalue weighted by molar-refractivity contribution is 5.79. The van der Waals surface area contributed by atoms with Gasteiger partial charge in [0.25, 0.3) is 0 Å². The lowest BCUT2D eigenvalue weighted by Crippen LogP contribution is -2.34. The number of rotatable bonds is 8. The quantitative estimate of drug-likeness (QED) is 0.584. The lowest BCUT2D eigenvalue weighted by Gasteiger charge is -2.32. The molecule has 1 atom stereocenters. The zero-order chi connectivity index (χ0) is 22.5. The Morgan fingerprint density at radius 3 is 2.84 bits per heavy atom. The normalized spacial score (nSPS) is 16.8. The Kier molecular flexibility index (Phi) is 6.90. The molecule has 0 spiro atoms. The number of piperidine rings is 1. The van der Waals surface area contributed by atoms with Gasteiger partial charge in [0, 0.05) is 44.1 Å².